The molecule has 4 heteroatoms. The summed E-state index contributed by atoms with van der Waals surface area (Å²) in [4.78, 5) is 14.8. The first-order valence-electron chi connectivity index (χ1n) is 8.06. The van der Waals surface area contributed by atoms with Gasteiger partial charge in [-0.25, -0.2) is 0 Å². The van der Waals surface area contributed by atoms with Crippen molar-refractivity contribution in [2.45, 2.75) is 0 Å². The molecule has 0 radical (unpaired) electrons. The predicted molar refractivity (Wildman–Crippen MR) is 94.1 cm³/mol. The molecule has 124 valence electrons. The average Bonchev–Trinajstić information content (AvgIpc) is 2.67. The van der Waals surface area contributed by atoms with E-state index >= 15 is 0 Å². The van der Waals surface area contributed by atoms with Crippen LogP contribution >= 0.6 is 0 Å². The second-order valence-corrected chi connectivity index (χ2v) is 5.59. The van der Waals surface area contributed by atoms with E-state index < -0.39 is 0 Å². The SMILES string of the molecule is COc1ccc(/C(=C\C(=O)c2ccccc2)N2CCOCC2)cc1. The van der Waals surface area contributed by atoms with E-state index in [0.717, 1.165) is 30.1 Å². The van der Waals surface area contributed by atoms with E-state index in [2.05, 4.69) is 4.90 Å². The van der Waals surface area contributed by atoms with Gasteiger partial charge in [0.15, 0.2) is 5.78 Å². The lowest BCUT2D eigenvalue weighted by Crippen LogP contribution is -2.35. The predicted octanol–water partition coefficient (Wildman–Crippen LogP) is 3.25. The number of benzene rings is 2. The molecule has 2 aromatic carbocycles. The van der Waals surface area contributed by atoms with Crippen molar-refractivity contribution in [1.29, 1.82) is 0 Å². The van der Waals surface area contributed by atoms with Crippen LogP contribution in [0.4, 0.5) is 0 Å². The third-order valence-corrected chi connectivity index (χ3v) is 4.06. The quantitative estimate of drug-likeness (QED) is 0.625. The van der Waals surface area contributed by atoms with Crippen LogP contribution in [0.25, 0.3) is 5.70 Å². The van der Waals surface area contributed by atoms with Crippen LogP contribution in [-0.2, 0) is 4.74 Å². The van der Waals surface area contributed by atoms with E-state index in [1.807, 2.05) is 54.6 Å². The molecule has 0 atom stereocenters. The van der Waals surface area contributed by atoms with Crippen LogP contribution in [0.3, 0.4) is 0 Å². The van der Waals surface area contributed by atoms with E-state index in [9.17, 15) is 4.79 Å². The van der Waals surface area contributed by atoms with E-state index in [-0.39, 0.29) is 5.78 Å². The van der Waals surface area contributed by atoms with Crippen molar-refractivity contribution in [2.24, 2.45) is 0 Å². The van der Waals surface area contributed by atoms with Crippen molar-refractivity contribution in [2.75, 3.05) is 33.4 Å². The van der Waals surface area contributed by atoms with Crippen molar-refractivity contribution >= 4 is 11.5 Å². The van der Waals surface area contributed by atoms with Gasteiger partial charge in [0.2, 0.25) is 0 Å². The van der Waals surface area contributed by atoms with Gasteiger partial charge in [0.25, 0.3) is 0 Å². The Bertz CT molecular complexity index is 701. The Kier molecular flexibility index (Phi) is 5.29. The highest BCUT2D eigenvalue weighted by molar-refractivity contribution is 6.08. The highest BCUT2D eigenvalue weighted by atomic mass is 16.5. The molecule has 0 aliphatic carbocycles. The van der Waals surface area contributed by atoms with Crippen molar-refractivity contribution in [1.82, 2.24) is 4.90 Å². The molecule has 0 spiro atoms. The molecule has 1 saturated heterocycles. The van der Waals surface area contributed by atoms with E-state index in [1.165, 1.54) is 0 Å². The third-order valence-electron chi connectivity index (χ3n) is 4.06. The molecule has 1 aliphatic heterocycles. The maximum absolute atomic E-state index is 12.6. The summed E-state index contributed by atoms with van der Waals surface area (Å²) in [5.74, 6) is 0.808. The summed E-state index contributed by atoms with van der Waals surface area (Å²) in [5, 5.41) is 0. The molecule has 0 aromatic heterocycles. The highest BCUT2D eigenvalue weighted by Crippen LogP contribution is 2.24. The standard InChI is InChI=1S/C20H21NO3/c1-23-18-9-7-16(8-10-18)19(21-11-13-24-14-12-21)15-20(22)17-5-3-2-4-6-17/h2-10,15H,11-14H2,1H3/b19-15+. The number of hydrogen-bond acceptors (Lipinski definition) is 4. The van der Waals surface area contributed by atoms with Crippen LogP contribution < -0.4 is 4.74 Å². The maximum atomic E-state index is 12.6. The van der Waals surface area contributed by atoms with Gasteiger partial charge in [0.05, 0.1) is 20.3 Å². The summed E-state index contributed by atoms with van der Waals surface area (Å²) < 4.78 is 10.7. The van der Waals surface area contributed by atoms with Crippen LogP contribution in [-0.4, -0.2) is 44.1 Å². The van der Waals surface area contributed by atoms with Crippen molar-refractivity contribution < 1.29 is 14.3 Å². The summed E-state index contributed by atoms with van der Waals surface area (Å²) in [6.45, 7) is 2.90. The van der Waals surface area contributed by atoms with Gasteiger partial charge in [-0.3, -0.25) is 4.79 Å². The number of nitrogens with zero attached hydrogens (tertiary/aromatic N) is 1. The third kappa shape index (κ3) is 3.84. The van der Waals surface area contributed by atoms with Crippen LogP contribution in [0.5, 0.6) is 5.75 Å². The van der Waals surface area contributed by atoms with Crippen LogP contribution in [0.2, 0.25) is 0 Å². The summed E-state index contributed by atoms with van der Waals surface area (Å²) in [6, 6.07) is 17.1. The molecule has 3 rings (SSSR count). The lowest BCUT2D eigenvalue weighted by atomic mass is 10.1. The molecule has 4 nitrogen and oxygen atoms in total. The van der Waals surface area contributed by atoms with Gasteiger partial charge in [-0.1, -0.05) is 30.3 Å². The van der Waals surface area contributed by atoms with Gasteiger partial charge in [-0.2, -0.15) is 0 Å². The molecule has 0 saturated carbocycles. The fraction of sp³-hybridized carbons (Fsp3) is 0.250. The molecular weight excluding hydrogens is 302 g/mol. The molecule has 1 fully saturated rings. The summed E-state index contributed by atoms with van der Waals surface area (Å²) in [6.07, 6.45) is 1.72. The topological polar surface area (TPSA) is 38.8 Å². The van der Waals surface area contributed by atoms with E-state index in [0.29, 0.717) is 18.8 Å². The first-order valence-corrected chi connectivity index (χ1v) is 8.06. The lowest BCUT2D eigenvalue weighted by molar-refractivity contribution is 0.0637. The molecular formula is C20H21NO3. The summed E-state index contributed by atoms with van der Waals surface area (Å²) in [7, 11) is 1.65. The van der Waals surface area contributed by atoms with Gasteiger partial charge in [0, 0.05) is 30.4 Å². The van der Waals surface area contributed by atoms with Crippen LogP contribution in [0.15, 0.2) is 60.7 Å². The Morgan fingerprint density at radius 1 is 1.00 bits per heavy atom. The van der Waals surface area contributed by atoms with Gasteiger partial charge in [-0.15, -0.1) is 0 Å². The van der Waals surface area contributed by atoms with Crippen molar-refractivity contribution in [3.05, 3.63) is 71.8 Å². The Balaban J connectivity index is 1.94. The number of ketones is 1. The number of allylic oxidation sites excluding steroid dienone is 1. The fourth-order valence-electron chi connectivity index (χ4n) is 2.73. The minimum atomic E-state index is 0.00732. The van der Waals surface area contributed by atoms with E-state index in [1.54, 1.807) is 13.2 Å². The molecule has 1 heterocycles. The zero-order chi connectivity index (χ0) is 16.8. The first kappa shape index (κ1) is 16.3. The number of morpholine rings is 1. The number of methoxy groups -OCH3 is 1. The molecule has 0 N–H and O–H groups in total. The van der Waals surface area contributed by atoms with Crippen LogP contribution in [0.1, 0.15) is 15.9 Å². The maximum Gasteiger partial charge on any atom is 0.187 e. The summed E-state index contributed by atoms with van der Waals surface area (Å²) in [5.41, 5.74) is 2.62. The van der Waals surface area contributed by atoms with Crippen LogP contribution in [0, 0.1) is 0 Å². The molecule has 24 heavy (non-hydrogen) atoms. The molecule has 0 unspecified atom stereocenters. The molecule has 1 aliphatic rings. The fourth-order valence-corrected chi connectivity index (χ4v) is 2.73. The molecule has 0 amide bonds. The number of rotatable bonds is 5. The second-order valence-electron chi connectivity index (χ2n) is 5.59. The summed E-state index contributed by atoms with van der Waals surface area (Å²) >= 11 is 0. The van der Waals surface area contributed by atoms with Gasteiger partial charge < -0.3 is 14.4 Å². The largest absolute Gasteiger partial charge is 0.497 e. The first-order chi connectivity index (χ1) is 11.8. The Morgan fingerprint density at radius 2 is 1.67 bits per heavy atom. The number of carbonyl (C=O) groups is 1. The molecule has 2 aromatic rings. The zero-order valence-electron chi connectivity index (χ0n) is 13.8. The normalized spacial score (nSPS) is 15.2. The van der Waals surface area contributed by atoms with Crippen molar-refractivity contribution in [3.8, 4) is 5.75 Å². The van der Waals surface area contributed by atoms with Gasteiger partial charge >= 0.3 is 0 Å². The minimum Gasteiger partial charge on any atom is -0.497 e. The highest BCUT2D eigenvalue weighted by Gasteiger charge is 2.17. The monoisotopic (exact) mass is 323 g/mol. The number of ether oxygens (including phenoxy) is 2. The Labute approximate surface area is 142 Å². The van der Waals surface area contributed by atoms with Gasteiger partial charge in [0.1, 0.15) is 5.75 Å². The zero-order valence-corrected chi connectivity index (χ0v) is 13.8. The van der Waals surface area contributed by atoms with E-state index in [4.69, 9.17) is 9.47 Å². The lowest BCUT2D eigenvalue weighted by Gasteiger charge is -2.31. The van der Waals surface area contributed by atoms with Gasteiger partial charge in [-0.05, 0) is 29.8 Å². The number of hydrogen-bond donors (Lipinski definition) is 0. The number of carbonyl (C=O) groups excluding carboxylic acids is 1. The Morgan fingerprint density at radius 3 is 2.29 bits per heavy atom. The second kappa shape index (κ2) is 7.79. The minimum absolute atomic E-state index is 0.00732. The average molecular weight is 323 g/mol. The Hall–Kier alpha value is -2.59. The smallest absolute Gasteiger partial charge is 0.187 e. The van der Waals surface area contributed by atoms with Crippen molar-refractivity contribution in [3.63, 3.8) is 0 Å². The molecule has 0 bridgehead atoms.